The van der Waals surface area contributed by atoms with Gasteiger partial charge in [-0.15, -0.1) is 0 Å². The number of halogens is 1. The molecule has 2 aromatic carbocycles. The van der Waals surface area contributed by atoms with Gasteiger partial charge < -0.3 is 15.0 Å². The van der Waals surface area contributed by atoms with Gasteiger partial charge in [0.15, 0.2) is 22.8 Å². The van der Waals surface area contributed by atoms with Crippen LogP contribution >= 0.6 is 0 Å². The highest BCUT2D eigenvalue weighted by atomic mass is 19.1. The fourth-order valence-electron chi connectivity index (χ4n) is 6.41. The lowest BCUT2D eigenvalue weighted by atomic mass is 9.85. The van der Waals surface area contributed by atoms with Gasteiger partial charge >= 0.3 is 0 Å². The van der Waals surface area contributed by atoms with Crippen LogP contribution in [0.4, 0.5) is 15.9 Å². The molecule has 3 aliphatic heterocycles. The zero-order valence-corrected chi connectivity index (χ0v) is 24.0. The third-order valence-electron chi connectivity index (χ3n) is 8.82. The molecule has 0 bridgehead atoms. The number of fused-ring (bicyclic) bond motifs is 1. The third-order valence-corrected chi connectivity index (χ3v) is 8.82. The molecule has 2 atom stereocenters. The van der Waals surface area contributed by atoms with E-state index in [1.165, 1.54) is 24.5 Å². The second-order valence-electron chi connectivity index (χ2n) is 12.2. The summed E-state index contributed by atoms with van der Waals surface area (Å²) in [6, 6.07) is 12.0. The molecule has 2 saturated heterocycles. The first-order valence-electron chi connectivity index (χ1n) is 14.3. The molecule has 9 nitrogen and oxygen atoms in total. The fourth-order valence-corrected chi connectivity index (χ4v) is 6.41. The highest BCUT2D eigenvalue weighted by molar-refractivity contribution is 6.08. The number of nitrogens with zero attached hydrogens (tertiary/aromatic N) is 5. The lowest BCUT2D eigenvalue weighted by Crippen LogP contribution is -2.31. The van der Waals surface area contributed by atoms with Crippen LogP contribution in [0.2, 0.25) is 0 Å². The Morgan fingerprint density at radius 3 is 2.76 bits per heavy atom. The van der Waals surface area contributed by atoms with Crippen molar-refractivity contribution >= 4 is 23.2 Å². The normalized spacial score (nSPS) is 23.3. The minimum atomic E-state index is -1.15. The highest BCUT2D eigenvalue weighted by Crippen LogP contribution is 2.44. The Hall–Kier alpha value is -4.36. The summed E-state index contributed by atoms with van der Waals surface area (Å²) < 4.78 is 20.2. The zero-order valence-electron chi connectivity index (χ0n) is 24.0. The van der Waals surface area contributed by atoms with Crippen molar-refractivity contribution in [3.05, 3.63) is 71.4 Å². The van der Waals surface area contributed by atoms with Crippen molar-refractivity contribution in [3.8, 4) is 17.6 Å². The number of nitriles is 1. The van der Waals surface area contributed by atoms with Gasteiger partial charge in [0.05, 0.1) is 17.8 Å². The van der Waals surface area contributed by atoms with Gasteiger partial charge in [0, 0.05) is 48.8 Å². The van der Waals surface area contributed by atoms with Crippen molar-refractivity contribution in [1.29, 1.82) is 5.26 Å². The van der Waals surface area contributed by atoms with E-state index < -0.39 is 11.2 Å². The SMILES string of the molecule is CC(C)C(=O)c1cc(F)ccc1Oc1cncnc1N1CCC2(CCN(Cc3ccc4c(c3)NC(=O)C4(C)C#N)C2)C1. The van der Waals surface area contributed by atoms with E-state index >= 15 is 0 Å². The Morgan fingerprint density at radius 1 is 1.17 bits per heavy atom. The molecule has 216 valence electrons. The van der Waals surface area contributed by atoms with E-state index in [1.54, 1.807) is 27.0 Å². The summed E-state index contributed by atoms with van der Waals surface area (Å²) in [5.41, 5.74) is 1.70. The van der Waals surface area contributed by atoms with E-state index in [-0.39, 0.29) is 34.3 Å². The number of likely N-dealkylation sites (tertiary alicyclic amines) is 1. The monoisotopic (exact) mass is 568 g/mol. The molecule has 6 rings (SSSR count). The number of hydrogen-bond acceptors (Lipinski definition) is 8. The first-order chi connectivity index (χ1) is 20.1. The summed E-state index contributed by atoms with van der Waals surface area (Å²) in [5, 5.41) is 12.4. The largest absolute Gasteiger partial charge is 0.451 e. The van der Waals surface area contributed by atoms with Crippen LogP contribution in [0.25, 0.3) is 0 Å². The molecule has 0 radical (unpaired) electrons. The number of aromatic nitrogens is 2. The molecular weight excluding hydrogens is 535 g/mol. The Labute approximate surface area is 244 Å². The van der Waals surface area contributed by atoms with E-state index in [0.717, 1.165) is 62.4 Å². The quantitative estimate of drug-likeness (QED) is 0.393. The van der Waals surface area contributed by atoms with E-state index in [2.05, 4.69) is 31.2 Å². The molecule has 3 aliphatic rings. The zero-order chi connectivity index (χ0) is 29.6. The first kappa shape index (κ1) is 27.8. The van der Waals surface area contributed by atoms with Crippen molar-refractivity contribution in [1.82, 2.24) is 14.9 Å². The molecule has 0 aliphatic carbocycles. The van der Waals surface area contributed by atoms with E-state index in [0.29, 0.717) is 11.6 Å². The van der Waals surface area contributed by atoms with E-state index in [4.69, 9.17) is 4.74 Å². The summed E-state index contributed by atoms with van der Waals surface area (Å²) in [6.07, 6.45) is 5.12. The predicted octanol–water partition coefficient (Wildman–Crippen LogP) is 5.08. The summed E-state index contributed by atoms with van der Waals surface area (Å²) in [4.78, 5) is 38.5. The van der Waals surface area contributed by atoms with Crippen LogP contribution < -0.4 is 15.0 Å². The molecule has 42 heavy (non-hydrogen) atoms. The second kappa shape index (κ2) is 10.5. The van der Waals surface area contributed by atoms with Crippen molar-refractivity contribution in [3.63, 3.8) is 0 Å². The van der Waals surface area contributed by atoms with Gasteiger partial charge in [-0.25, -0.2) is 14.4 Å². The lowest BCUT2D eigenvalue weighted by Gasteiger charge is -2.26. The van der Waals surface area contributed by atoms with Crippen LogP contribution in [0.3, 0.4) is 0 Å². The molecule has 4 heterocycles. The number of carbonyl (C=O) groups is 2. The molecule has 1 spiro atoms. The Balaban J connectivity index is 1.15. The average Bonchev–Trinajstić information content (AvgIpc) is 3.65. The molecule has 0 saturated carbocycles. The summed E-state index contributed by atoms with van der Waals surface area (Å²) in [7, 11) is 0. The second-order valence-corrected chi connectivity index (χ2v) is 12.2. The maximum absolute atomic E-state index is 14.0. The van der Waals surface area contributed by atoms with Gasteiger partial charge in [-0.1, -0.05) is 26.0 Å². The number of ether oxygens (including phenoxy) is 1. The molecule has 1 aromatic heterocycles. The number of nitrogens with one attached hydrogen (secondary N) is 1. The number of amides is 1. The molecular formula is C32H33FN6O3. The number of hydrogen-bond donors (Lipinski definition) is 1. The Kier molecular flexibility index (Phi) is 6.93. The average molecular weight is 569 g/mol. The fraction of sp³-hybridized carbons (Fsp3) is 0.406. The number of Topliss-reactive ketones (excluding diaryl/α,β-unsaturated/α-hetero) is 1. The topological polar surface area (TPSA) is 111 Å². The van der Waals surface area contributed by atoms with Crippen LogP contribution in [-0.4, -0.2) is 52.7 Å². The molecule has 2 unspecified atom stereocenters. The van der Waals surface area contributed by atoms with Crippen LogP contribution in [0.15, 0.2) is 48.9 Å². The number of carbonyl (C=O) groups excluding carboxylic acids is 2. The molecule has 1 amide bonds. The standard InChI is InChI=1S/C32H33FN6O3/c1-20(2)28(40)23-13-22(33)5-7-26(23)42-27-14-35-19-36-29(27)39-11-9-32(18-39)8-10-38(17-32)15-21-4-6-24-25(12-21)37-30(41)31(24,3)16-34/h4-7,12-14,19-20H,8-11,15,17-18H2,1-3H3,(H,37,41). The van der Waals surface area contributed by atoms with E-state index in [9.17, 15) is 19.2 Å². The van der Waals surface area contributed by atoms with Gasteiger partial charge in [0.25, 0.3) is 0 Å². The summed E-state index contributed by atoms with van der Waals surface area (Å²) >= 11 is 0. The number of benzene rings is 2. The Morgan fingerprint density at radius 2 is 1.98 bits per heavy atom. The van der Waals surface area contributed by atoms with Crippen molar-refractivity contribution in [2.45, 2.75) is 45.6 Å². The smallest absolute Gasteiger partial charge is 0.249 e. The van der Waals surface area contributed by atoms with Crippen LogP contribution in [0, 0.1) is 28.5 Å². The summed E-state index contributed by atoms with van der Waals surface area (Å²) in [5.74, 6) is 0.0946. The highest BCUT2D eigenvalue weighted by Gasteiger charge is 2.45. The van der Waals surface area contributed by atoms with Gasteiger partial charge in [-0.2, -0.15) is 5.26 Å². The summed E-state index contributed by atoms with van der Waals surface area (Å²) in [6.45, 7) is 9.45. The van der Waals surface area contributed by atoms with Crippen molar-refractivity contribution in [2.24, 2.45) is 11.3 Å². The van der Waals surface area contributed by atoms with Crippen LogP contribution in [0.1, 0.15) is 55.1 Å². The lowest BCUT2D eigenvalue weighted by molar-refractivity contribution is -0.118. The maximum Gasteiger partial charge on any atom is 0.249 e. The van der Waals surface area contributed by atoms with Gasteiger partial charge in [-0.3, -0.25) is 14.5 Å². The van der Waals surface area contributed by atoms with Crippen LogP contribution in [0.5, 0.6) is 11.5 Å². The minimum absolute atomic E-state index is 0.0984. The molecule has 1 N–H and O–H groups in total. The number of rotatable bonds is 7. The molecule has 10 heteroatoms. The van der Waals surface area contributed by atoms with Gasteiger partial charge in [0.2, 0.25) is 5.91 Å². The number of anilines is 2. The maximum atomic E-state index is 14.0. The van der Waals surface area contributed by atoms with Gasteiger partial charge in [0.1, 0.15) is 17.9 Å². The molecule has 2 fully saturated rings. The first-order valence-corrected chi connectivity index (χ1v) is 14.3. The minimum Gasteiger partial charge on any atom is -0.451 e. The Bertz CT molecular complexity index is 1620. The third kappa shape index (κ3) is 4.88. The number of ketones is 1. The van der Waals surface area contributed by atoms with E-state index in [1.807, 2.05) is 18.2 Å². The van der Waals surface area contributed by atoms with Crippen LogP contribution in [-0.2, 0) is 16.8 Å². The van der Waals surface area contributed by atoms with Crippen molar-refractivity contribution in [2.75, 3.05) is 36.4 Å². The predicted molar refractivity (Wildman–Crippen MR) is 155 cm³/mol. The van der Waals surface area contributed by atoms with Gasteiger partial charge in [-0.05, 0) is 56.1 Å². The van der Waals surface area contributed by atoms with Crippen molar-refractivity contribution < 1.29 is 18.7 Å². The molecule has 3 aromatic rings.